The van der Waals surface area contributed by atoms with Crippen molar-refractivity contribution in [3.05, 3.63) is 47.3 Å². The van der Waals surface area contributed by atoms with E-state index in [0.29, 0.717) is 38.8 Å². The number of aryl methyl sites for hydroxylation is 2. The van der Waals surface area contributed by atoms with Gasteiger partial charge in [-0.15, -0.1) is 0 Å². The van der Waals surface area contributed by atoms with Crippen molar-refractivity contribution in [1.82, 2.24) is 10.1 Å². The molecule has 6 heteroatoms. The van der Waals surface area contributed by atoms with Crippen LogP contribution in [0.5, 0.6) is 0 Å². The van der Waals surface area contributed by atoms with Crippen LogP contribution in [0.25, 0.3) is 0 Å². The van der Waals surface area contributed by atoms with Gasteiger partial charge < -0.3 is 14.7 Å². The topological polar surface area (TPSA) is 75.4 Å². The van der Waals surface area contributed by atoms with E-state index in [1.807, 2.05) is 49.1 Å². The summed E-state index contributed by atoms with van der Waals surface area (Å²) in [6.45, 7) is 5.03. The molecule has 0 unspecified atom stereocenters. The van der Waals surface area contributed by atoms with Gasteiger partial charge in [-0.25, -0.2) is 0 Å². The number of anilines is 1. The maximum absolute atomic E-state index is 12.5. The smallest absolute Gasteiger partial charge is 0.227 e. The summed E-state index contributed by atoms with van der Waals surface area (Å²) < 4.78 is 5.14. The van der Waals surface area contributed by atoms with E-state index < -0.39 is 0 Å². The fourth-order valence-electron chi connectivity index (χ4n) is 3.41. The Morgan fingerprint density at radius 1 is 1.19 bits per heavy atom. The number of aromatic nitrogens is 1. The molecule has 2 heterocycles. The number of nitrogens with zero attached hydrogens (tertiary/aromatic N) is 2. The highest BCUT2D eigenvalue weighted by molar-refractivity contribution is 5.92. The Morgan fingerprint density at radius 2 is 1.88 bits per heavy atom. The summed E-state index contributed by atoms with van der Waals surface area (Å²) in [4.78, 5) is 26.7. The molecule has 0 atom stereocenters. The van der Waals surface area contributed by atoms with Crippen molar-refractivity contribution in [2.45, 2.75) is 39.5 Å². The van der Waals surface area contributed by atoms with Crippen molar-refractivity contribution in [3.63, 3.8) is 0 Å². The first-order chi connectivity index (χ1) is 12.5. The predicted octanol–water partition coefficient (Wildman–Crippen LogP) is 3.10. The summed E-state index contributed by atoms with van der Waals surface area (Å²) in [5, 5.41) is 6.88. The van der Waals surface area contributed by atoms with E-state index in [9.17, 15) is 9.59 Å². The van der Waals surface area contributed by atoms with Crippen molar-refractivity contribution >= 4 is 17.5 Å². The minimum atomic E-state index is -0.0400. The summed E-state index contributed by atoms with van der Waals surface area (Å²) in [6.07, 6.45) is 2.50. The Kier molecular flexibility index (Phi) is 5.71. The molecule has 1 aromatic carbocycles. The number of nitrogens with one attached hydrogen (secondary N) is 1. The van der Waals surface area contributed by atoms with E-state index in [1.165, 1.54) is 0 Å². The number of hydrogen-bond donors (Lipinski definition) is 1. The summed E-state index contributed by atoms with van der Waals surface area (Å²) in [5.74, 6) is 0.916. The van der Waals surface area contributed by atoms with Gasteiger partial charge in [0.05, 0.1) is 5.69 Å². The molecule has 0 radical (unpaired) electrons. The van der Waals surface area contributed by atoms with Gasteiger partial charge in [-0.1, -0.05) is 23.4 Å². The molecular formula is C20H25N3O3. The van der Waals surface area contributed by atoms with E-state index in [2.05, 4.69) is 10.5 Å². The normalized spacial score (nSPS) is 15.1. The van der Waals surface area contributed by atoms with E-state index in [-0.39, 0.29) is 17.7 Å². The number of carbonyl (C=O) groups excluding carboxylic acids is 2. The molecule has 2 aromatic rings. The van der Waals surface area contributed by atoms with Gasteiger partial charge in [-0.05, 0) is 45.2 Å². The summed E-state index contributed by atoms with van der Waals surface area (Å²) in [7, 11) is 0. The summed E-state index contributed by atoms with van der Waals surface area (Å²) >= 11 is 0. The van der Waals surface area contributed by atoms with Gasteiger partial charge in [-0.2, -0.15) is 0 Å². The molecule has 0 spiro atoms. The molecule has 2 amide bonds. The Bertz CT molecular complexity index is 742. The highest BCUT2D eigenvalue weighted by Crippen LogP contribution is 2.21. The van der Waals surface area contributed by atoms with Crippen molar-refractivity contribution in [1.29, 1.82) is 0 Å². The zero-order valence-corrected chi connectivity index (χ0v) is 15.3. The van der Waals surface area contributed by atoms with Crippen LogP contribution in [-0.4, -0.2) is 35.0 Å². The van der Waals surface area contributed by atoms with Gasteiger partial charge in [0, 0.05) is 36.7 Å². The highest BCUT2D eigenvalue weighted by Gasteiger charge is 2.27. The summed E-state index contributed by atoms with van der Waals surface area (Å²) in [6, 6.07) is 9.48. The molecule has 1 fully saturated rings. The zero-order chi connectivity index (χ0) is 18.5. The predicted molar refractivity (Wildman–Crippen MR) is 98.7 cm³/mol. The van der Waals surface area contributed by atoms with Gasteiger partial charge in [0.2, 0.25) is 11.8 Å². The number of amides is 2. The minimum Gasteiger partial charge on any atom is -0.361 e. The van der Waals surface area contributed by atoms with Gasteiger partial charge in [-0.3, -0.25) is 9.59 Å². The minimum absolute atomic E-state index is 0.0400. The van der Waals surface area contributed by atoms with E-state index >= 15 is 0 Å². The van der Waals surface area contributed by atoms with E-state index in [1.54, 1.807) is 0 Å². The quantitative estimate of drug-likeness (QED) is 0.894. The molecule has 6 nitrogen and oxygen atoms in total. The molecule has 0 aliphatic carbocycles. The van der Waals surface area contributed by atoms with Crippen LogP contribution in [0.1, 0.15) is 36.3 Å². The molecule has 1 aliphatic heterocycles. The van der Waals surface area contributed by atoms with Gasteiger partial charge in [0.15, 0.2) is 0 Å². The van der Waals surface area contributed by atoms with Crippen LogP contribution in [0.2, 0.25) is 0 Å². The van der Waals surface area contributed by atoms with E-state index in [4.69, 9.17) is 4.52 Å². The number of likely N-dealkylation sites (tertiary alicyclic amines) is 1. The van der Waals surface area contributed by atoms with Crippen LogP contribution in [-0.2, 0) is 16.0 Å². The largest absolute Gasteiger partial charge is 0.361 e. The van der Waals surface area contributed by atoms with Crippen LogP contribution < -0.4 is 5.32 Å². The van der Waals surface area contributed by atoms with Crippen molar-refractivity contribution in [2.24, 2.45) is 5.92 Å². The fraction of sp³-hybridized carbons (Fsp3) is 0.450. The third-order valence-corrected chi connectivity index (χ3v) is 5.03. The summed E-state index contributed by atoms with van der Waals surface area (Å²) in [5.41, 5.74) is 2.69. The highest BCUT2D eigenvalue weighted by atomic mass is 16.5. The van der Waals surface area contributed by atoms with Crippen LogP contribution in [0.4, 0.5) is 5.69 Å². The molecule has 1 N–H and O–H groups in total. The lowest BCUT2D eigenvalue weighted by Crippen LogP contribution is -2.41. The second-order valence-electron chi connectivity index (χ2n) is 6.81. The molecule has 1 aromatic heterocycles. The van der Waals surface area contributed by atoms with E-state index in [0.717, 1.165) is 22.7 Å². The van der Waals surface area contributed by atoms with Crippen LogP contribution in [0.15, 0.2) is 34.9 Å². The molecular weight excluding hydrogens is 330 g/mol. The van der Waals surface area contributed by atoms with Gasteiger partial charge in [0.1, 0.15) is 5.76 Å². The van der Waals surface area contributed by atoms with Crippen LogP contribution in [0, 0.1) is 19.8 Å². The van der Waals surface area contributed by atoms with Gasteiger partial charge >= 0.3 is 0 Å². The first kappa shape index (κ1) is 18.2. The lowest BCUT2D eigenvalue weighted by atomic mass is 9.95. The standard InChI is InChI=1S/C20H25N3O3/c1-14-18(15(2)26-22-14)8-9-19(24)23-12-10-16(11-13-23)20(25)21-17-6-4-3-5-7-17/h3-7,16H,8-13H2,1-2H3,(H,21,25). The SMILES string of the molecule is Cc1noc(C)c1CCC(=O)N1CCC(C(=O)Nc2ccccc2)CC1. The second-order valence-corrected chi connectivity index (χ2v) is 6.81. The molecule has 0 saturated carbocycles. The second kappa shape index (κ2) is 8.17. The Morgan fingerprint density at radius 3 is 2.50 bits per heavy atom. The number of para-hydroxylation sites is 1. The van der Waals surface area contributed by atoms with Crippen molar-refractivity contribution in [2.75, 3.05) is 18.4 Å². The first-order valence-electron chi connectivity index (χ1n) is 9.10. The number of hydrogen-bond acceptors (Lipinski definition) is 4. The maximum atomic E-state index is 12.5. The average molecular weight is 355 g/mol. The lowest BCUT2D eigenvalue weighted by Gasteiger charge is -2.31. The van der Waals surface area contributed by atoms with Crippen LogP contribution >= 0.6 is 0 Å². The lowest BCUT2D eigenvalue weighted by molar-refractivity contribution is -0.134. The van der Waals surface area contributed by atoms with Gasteiger partial charge in [0.25, 0.3) is 0 Å². The Labute approximate surface area is 153 Å². The molecule has 1 saturated heterocycles. The molecule has 3 rings (SSSR count). The van der Waals surface area contributed by atoms with Crippen LogP contribution in [0.3, 0.4) is 0 Å². The Balaban J connectivity index is 1.45. The Hall–Kier alpha value is -2.63. The first-order valence-corrected chi connectivity index (χ1v) is 9.10. The van der Waals surface area contributed by atoms with Crippen molar-refractivity contribution < 1.29 is 14.1 Å². The molecule has 0 bridgehead atoms. The third-order valence-electron chi connectivity index (χ3n) is 5.03. The molecule has 1 aliphatic rings. The monoisotopic (exact) mass is 355 g/mol. The molecule has 138 valence electrons. The van der Waals surface area contributed by atoms with Crippen molar-refractivity contribution in [3.8, 4) is 0 Å². The zero-order valence-electron chi connectivity index (χ0n) is 15.3. The number of carbonyl (C=O) groups is 2. The maximum Gasteiger partial charge on any atom is 0.227 e. The third kappa shape index (κ3) is 4.31. The molecule has 26 heavy (non-hydrogen) atoms. The number of benzene rings is 1. The number of rotatable bonds is 5. The average Bonchev–Trinajstić information content (AvgIpc) is 2.98. The fourth-order valence-corrected chi connectivity index (χ4v) is 3.41. The number of piperidine rings is 1.